The number of halogens is 3. The Bertz CT molecular complexity index is 5170. The molecule has 0 spiro atoms. The van der Waals surface area contributed by atoms with Crippen LogP contribution in [-0.2, 0) is 31.0 Å². The molecule has 474 valence electrons. The molecule has 1 saturated heterocycles. The van der Waals surface area contributed by atoms with Crippen LogP contribution in [0.1, 0.15) is 35.1 Å². The van der Waals surface area contributed by atoms with Crippen molar-refractivity contribution < 1.29 is 29.4 Å². The molecular weight excluding hydrogens is 1390 g/mol. The lowest BCUT2D eigenvalue weighted by Crippen LogP contribution is -2.29. The Labute approximate surface area is 550 Å². The highest BCUT2D eigenvalue weighted by Crippen LogP contribution is 2.30. The van der Waals surface area contributed by atoms with Crippen molar-refractivity contribution in [3.63, 3.8) is 0 Å². The number of nitrogens with one attached hydrogen (secondary N) is 4. The number of aromatic nitrogens is 12. The summed E-state index contributed by atoms with van der Waals surface area (Å²) in [6, 6.07) is 44.4. The van der Waals surface area contributed by atoms with E-state index in [1.807, 2.05) is 109 Å². The molecule has 14 aromatic rings. The zero-order valence-corrected chi connectivity index (χ0v) is 54.3. The SMILES string of the molecule is C1CCOC1.COc1ccc(-c2ccc3c(CN)cc4n[nH]c(=O)n4c3c2)cc1.COc1ccc(B(O)O)cc1.NCc1cc2n[nH]c(=O)n2c2cc(Br)ccc12.O=c1[nH]nc2cc(CO)c3ccc(Br)cc3n12.[N-]=[N+]=NCc1cc2n[nH]c(=O)n2c2cc(Br)ccc12. The van der Waals surface area contributed by atoms with Crippen LogP contribution in [0.25, 0.3) is 87.8 Å². The molecule has 93 heavy (non-hydrogen) atoms. The number of fused-ring (bicyclic) bond motifs is 12. The number of aromatic amines is 4. The number of aliphatic hydroxyl groups excluding tert-OH is 1. The molecule has 1 aliphatic rings. The first-order valence-electron chi connectivity index (χ1n) is 28.4. The summed E-state index contributed by atoms with van der Waals surface area (Å²) in [7, 11) is 1.80. The molecule has 0 saturated carbocycles. The summed E-state index contributed by atoms with van der Waals surface area (Å²) in [6.45, 7) is 2.92. The van der Waals surface area contributed by atoms with Gasteiger partial charge in [0.1, 0.15) is 11.5 Å². The van der Waals surface area contributed by atoms with Crippen molar-refractivity contribution in [3.05, 3.63) is 234 Å². The molecule has 15 rings (SSSR count). The fraction of sp³-hybridized carbons (Fsp3) is 0.161. The van der Waals surface area contributed by atoms with E-state index in [4.69, 9.17) is 41.3 Å². The van der Waals surface area contributed by atoms with Gasteiger partial charge in [-0.2, -0.15) is 20.4 Å². The van der Waals surface area contributed by atoms with E-state index in [9.17, 15) is 24.3 Å². The Morgan fingerprint density at radius 1 is 0.527 bits per heavy atom. The largest absolute Gasteiger partial charge is 0.497 e. The second kappa shape index (κ2) is 30.1. The average Bonchev–Trinajstić information content (AvgIpc) is 1.75. The number of nitrogens with zero attached hydrogens (tertiary/aromatic N) is 11. The van der Waals surface area contributed by atoms with E-state index in [2.05, 4.69) is 98.6 Å². The zero-order chi connectivity index (χ0) is 65.9. The highest BCUT2D eigenvalue weighted by molar-refractivity contribution is 9.11. The molecule has 1 aliphatic heterocycles. The lowest BCUT2D eigenvalue weighted by atomic mass is 9.80. The molecular formula is C62H57BBr3N17O10. The van der Waals surface area contributed by atoms with Gasteiger partial charge in [-0.1, -0.05) is 108 Å². The summed E-state index contributed by atoms with van der Waals surface area (Å²) < 4.78 is 23.7. The number of azide groups is 1. The summed E-state index contributed by atoms with van der Waals surface area (Å²) in [4.78, 5) is 50.0. The minimum atomic E-state index is -1.40. The van der Waals surface area contributed by atoms with Crippen molar-refractivity contribution >= 4 is 127 Å². The summed E-state index contributed by atoms with van der Waals surface area (Å²) in [5.74, 6) is 1.51. The summed E-state index contributed by atoms with van der Waals surface area (Å²) in [5.41, 5.74) is 30.1. The first-order valence-corrected chi connectivity index (χ1v) is 30.8. The lowest BCUT2D eigenvalue weighted by molar-refractivity contribution is 0.198. The quantitative estimate of drug-likeness (QED) is 0.0285. The fourth-order valence-electron chi connectivity index (χ4n) is 10.3. The molecule has 1 fully saturated rings. The van der Waals surface area contributed by atoms with Crippen molar-refractivity contribution in [3.8, 4) is 22.6 Å². The summed E-state index contributed by atoms with van der Waals surface area (Å²) in [6.07, 6.45) is 2.56. The highest BCUT2D eigenvalue weighted by atomic mass is 79.9. The van der Waals surface area contributed by atoms with Gasteiger partial charge in [-0.25, -0.2) is 57.2 Å². The van der Waals surface area contributed by atoms with E-state index in [0.717, 1.165) is 104 Å². The number of aliphatic hydroxyl groups is 1. The molecule has 8 aromatic heterocycles. The Morgan fingerprint density at radius 3 is 1.25 bits per heavy atom. The van der Waals surface area contributed by atoms with Gasteiger partial charge in [-0.15, -0.1) is 0 Å². The monoisotopic (exact) mass is 1450 g/mol. The summed E-state index contributed by atoms with van der Waals surface area (Å²) >= 11 is 10.1. The van der Waals surface area contributed by atoms with Gasteiger partial charge in [0.2, 0.25) is 0 Å². The maximum atomic E-state index is 12.1. The van der Waals surface area contributed by atoms with Gasteiger partial charge in [0.25, 0.3) is 0 Å². The highest BCUT2D eigenvalue weighted by Gasteiger charge is 2.15. The Morgan fingerprint density at radius 2 is 0.882 bits per heavy atom. The molecule has 9 heterocycles. The molecule has 0 bridgehead atoms. The molecule has 0 amide bonds. The van der Waals surface area contributed by atoms with Gasteiger partial charge in [0, 0.05) is 66.2 Å². The number of rotatable bonds is 9. The number of ether oxygens (including phenoxy) is 3. The van der Waals surface area contributed by atoms with Crippen molar-refractivity contribution in [1.82, 2.24) is 58.4 Å². The van der Waals surface area contributed by atoms with Gasteiger partial charge in [-0.3, -0.25) is 0 Å². The smallest absolute Gasteiger partial charge is 0.488 e. The van der Waals surface area contributed by atoms with Gasteiger partial charge in [0.15, 0.2) is 22.6 Å². The number of methoxy groups -OCH3 is 2. The van der Waals surface area contributed by atoms with E-state index in [1.54, 1.807) is 59.4 Å². The first kappa shape index (κ1) is 66.1. The zero-order valence-electron chi connectivity index (χ0n) is 49.5. The van der Waals surface area contributed by atoms with Crippen LogP contribution in [-0.4, -0.2) is 108 Å². The van der Waals surface area contributed by atoms with E-state index in [0.29, 0.717) is 52.4 Å². The Balaban J connectivity index is 0.000000127. The average molecular weight is 1450 g/mol. The standard InChI is InChI=1S/C18H16N4O2.C11H7BrN6O.C11H9BrN4O.C11H8BrN3O2.C7H9BO3.C4H8O/c1-24-14-5-2-11(3-6-14)12-4-7-15-13(10-19)9-17-20-21-18(23)22(17)16(15)8-12;12-7-1-2-8-6(5-14-17-13)3-10-15-16-11(19)18(10)9(8)4-7;12-7-1-2-8-6(5-13)3-10-14-15-11(17)16(10)9(8)4-7;12-7-1-2-8-6(5-16)3-10-13-14-11(17)15(10)9(8)4-7;1-11-7-4-2-6(3-5-7)8(9)10;1-2-4-5-3-1/h2-9H,10,19H2,1H3,(H,21,23);1-4H,5H2,(H,16,19);1-4H,5,13H2,(H,15,17);1-4,16H,5H2,(H,14,17);2-5,9-10H,1H3;1-4H2. The molecule has 0 radical (unpaired) electrons. The van der Waals surface area contributed by atoms with E-state index >= 15 is 0 Å². The molecule has 6 aromatic carbocycles. The van der Waals surface area contributed by atoms with Gasteiger partial charge in [-0.05, 0) is 148 Å². The topological polar surface area (TPSA) is 390 Å². The van der Waals surface area contributed by atoms with Gasteiger partial charge in [0.05, 0.1) is 49.4 Å². The third kappa shape index (κ3) is 14.8. The lowest BCUT2D eigenvalue weighted by Gasteiger charge is -2.09. The number of nitrogens with two attached hydrogens (primary N) is 2. The molecule has 11 N–H and O–H groups in total. The fourth-order valence-corrected chi connectivity index (χ4v) is 11.4. The molecule has 0 unspecified atom stereocenters. The molecule has 27 nitrogen and oxygen atoms in total. The second-order valence-electron chi connectivity index (χ2n) is 20.4. The van der Waals surface area contributed by atoms with Crippen LogP contribution in [0.2, 0.25) is 0 Å². The number of pyridine rings is 4. The predicted octanol–water partition coefficient (Wildman–Crippen LogP) is 8.06. The number of hydrogen-bond acceptors (Lipinski definition) is 17. The van der Waals surface area contributed by atoms with E-state index in [1.165, 1.54) is 21.6 Å². The molecule has 0 atom stereocenters. The third-order valence-corrected chi connectivity index (χ3v) is 16.3. The number of benzene rings is 6. The first-order chi connectivity index (χ1) is 45.1. The maximum Gasteiger partial charge on any atom is 0.488 e. The van der Waals surface area contributed by atoms with Gasteiger partial charge >= 0.3 is 29.9 Å². The van der Waals surface area contributed by atoms with Crippen LogP contribution in [0.5, 0.6) is 11.5 Å². The molecule has 0 aliphatic carbocycles. The van der Waals surface area contributed by atoms with Crippen LogP contribution in [0.3, 0.4) is 0 Å². The second-order valence-corrected chi connectivity index (χ2v) is 23.2. The van der Waals surface area contributed by atoms with Crippen molar-refractivity contribution in [1.29, 1.82) is 0 Å². The Kier molecular flexibility index (Phi) is 21.4. The van der Waals surface area contributed by atoms with Crippen molar-refractivity contribution in [2.75, 3.05) is 27.4 Å². The minimum absolute atomic E-state index is 0.0876. The van der Waals surface area contributed by atoms with Crippen molar-refractivity contribution in [2.45, 2.75) is 39.1 Å². The number of hydrogen-bond donors (Lipinski definition) is 9. The van der Waals surface area contributed by atoms with Crippen molar-refractivity contribution in [2.24, 2.45) is 16.6 Å². The maximum absolute atomic E-state index is 12.1. The Hall–Kier alpha value is -9.79. The normalized spacial score (nSPS) is 11.7. The molecule has 31 heteroatoms. The van der Waals surface area contributed by atoms with Crippen LogP contribution in [0.4, 0.5) is 0 Å². The van der Waals surface area contributed by atoms with Gasteiger partial charge < -0.3 is 40.8 Å². The third-order valence-electron chi connectivity index (χ3n) is 14.8. The number of H-pyrrole nitrogens is 4. The minimum Gasteiger partial charge on any atom is -0.497 e. The van der Waals surface area contributed by atoms with Crippen LogP contribution in [0, 0.1) is 0 Å². The van der Waals surface area contributed by atoms with Crippen LogP contribution < -0.4 is 49.2 Å². The van der Waals surface area contributed by atoms with Crippen LogP contribution in [0.15, 0.2) is 183 Å². The van der Waals surface area contributed by atoms with E-state index in [-0.39, 0.29) is 35.9 Å². The van der Waals surface area contributed by atoms with E-state index < -0.39 is 7.12 Å². The van der Waals surface area contributed by atoms with Crippen LogP contribution >= 0.6 is 47.8 Å². The predicted molar refractivity (Wildman–Crippen MR) is 366 cm³/mol. The summed E-state index contributed by atoms with van der Waals surface area (Å²) in [5, 5.41) is 59.5.